The Morgan fingerprint density at radius 2 is 2.00 bits per heavy atom. The molecule has 1 heterocycles. The molecule has 0 atom stereocenters. The van der Waals surface area contributed by atoms with E-state index >= 15 is 0 Å². The molecule has 0 spiro atoms. The fraction of sp³-hybridized carbons (Fsp3) is 0.643. The van der Waals surface area contributed by atoms with Gasteiger partial charge in [0.05, 0.1) is 6.61 Å². The minimum atomic E-state index is 0.822. The van der Waals surface area contributed by atoms with Gasteiger partial charge in [0, 0.05) is 11.8 Å². The second-order valence-electron chi connectivity index (χ2n) is 4.21. The van der Waals surface area contributed by atoms with Crippen LogP contribution in [0, 0.1) is 6.92 Å². The minimum absolute atomic E-state index is 0.822. The molecule has 1 rings (SSSR count). The summed E-state index contributed by atoms with van der Waals surface area (Å²) in [5.74, 6) is 0.986. The summed E-state index contributed by atoms with van der Waals surface area (Å²) in [5.41, 5.74) is 1.16. The van der Waals surface area contributed by atoms with Crippen molar-refractivity contribution in [1.82, 2.24) is 4.98 Å². The lowest BCUT2D eigenvalue weighted by Crippen LogP contribution is -2.00. The lowest BCUT2D eigenvalue weighted by molar-refractivity contribution is 0.301. The number of unbranched alkanes of at least 4 members (excludes halogenated alkanes) is 4. The minimum Gasteiger partial charge on any atom is -0.493 e. The topological polar surface area (TPSA) is 22.1 Å². The average Bonchev–Trinajstić information content (AvgIpc) is 2.35. The van der Waals surface area contributed by atoms with E-state index in [-0.39, 0.29) is 0 Å². The summed E-state index contributed by atoms with van der Waals surface area (Å²) in [5, 5.41) is 1.06. The largest absolute Gasteiger partial charge is 0.493 e. The standard InChI is InChI=1S/C14H23NOS/c1-4-5-6-7-8-11-16-13-9-10-15-14(17-3)12(13)2/h9-10H,4-8,11H2,1-3H3. The molecule has 0 fully saturated rings. The SMILES string of the molecule is CCCCCCCOc1ccnc(SC)c1C. The van der Waals surface area contributed by atoms with Crippen molar-refractivity contribution in [1.29, 1.82) is 0 Å². The van der Waals surface area contributed by atoms with Gasteiger partial charge in [-0.05, 0) is 25.7 Å². The van der Waals surface area contributed by atoms with Gasteiger partial charge in [-0.1, -0.05) is 32.6 Å². The predicted octanol–water partition coefficient (Wildman–Crippen LogP) is 4.46. The maximum absolute atomic E-state index is 5.81. The first-order chi connectivity index (χ1) is 8.29. The summed E-state index contributed by atoms with van der Waals surface area (Å²) in [6.45, 7) is 5.13. The van der Waals surface area contributed by atoms with E-state index < -0.39 is 0 Å². The van der Waals surface area contributed by atoms with E-state index in [4.69, 9.17) is 4.74 Å². The van der Waals surface area contributed by atoms with Gasteiger partial charge in [-0.2, -0.15) is 0 Å². The van der Waals surface area contributed by atoms with Gasteiger partial charge in [0.1, 0.15) is 10.8 Å². The van der Waals surface area contributed by atoms with E-state index in [1.807, 2.05) is 18.5 Å². The van der Waals surface area contributed by atoms with Crippen LogP contribution in [0.3, 0.4) is 0 Å². The van der Waals surface area contributed by atoms with E-state index in [1.165, 1.54) is 25.7 Å². The molecule has 3 heteroatoms. The number of thioether (sulfide) groups is 1. The van der Waals surface area contributed by atoms with Crippen molar-refractivity contribution in [3.8, 4) is 5.75 Å². The van der Waals surface area contributed by atoms with Gasteiger partial charge in [-0.15, -0.1) is 11.8 Å². The lowest BCUT2D eigenvalue weighted by Gasteiger charge is -2.10. The number of pyridine rings is 1. The first-order valence-corrected chi connectivity index (χ1v) is 7.64. The van der Waals surface area contributed by atoms with E-state index in [9.17, 15) is 0 Å². The van der Waals surface area contributed by atoms with Gasteiger partial charge >= 0.3 is 0 Å². The highest BCUT2D eigenvalue weighted by Gasteiger charge is 2.04. The summed E-state index contributed by atoms with van der Waals surface area (Å²) >= 11 is 1.67. The molecule has 17 heavy (non-hydrogen) atoms. The van der Waals surface area contributed by atoms with Crippen LogP contribution in [0.2, 0.25) is 0 Å². The van der Waals surface area contributed by atoms with Crippen molar-refractivity contribution >= 4 is 11.8 Å². The first-order valence-electron chi connectivity index (χ1n) is 6.42. The highest BCUT2D eigenvalue weighted by Crippen LogP contribution is 2.25. The van der Waals surface area contributed by atoms with Crippen molar-refractivity contribution in [2.45, 2.75) is 51.0 Å². The van der Waals surface area contributed by atoms with Gasteiger partial charge in [0.15, 0.2) is 0 Å². The van der Waals surface area contributed by atoms with Gasteiger partial charge in [-0.3, -0.25) is 0 Å². The summed E-state index contributed by atoms with van der Waals surface area (Å²) in [6.07, 6.45) is 10.2. The normalized spacial score (nSPS) is 10.5. The third-order valence-electron chi connectivity index (χ3n) is 2.81. The molecule has 0 aliphatic carbocycles. The van der Waals surface area contributed by atoms with Crippen LogP contribution in [0.15, 0.2) is 17.3 Å². The Balaban J connectivity index is 2.31. The van der Waals surface area contributed by atoms with Crippen LogP contribution < -0.4 is 4.74 Å². The maximum atomic E-state index is 5.81. The zero-order chi connectivity index (χ0) is 12.5. The molecule has 2 nitrogen and oxygen atoms in total. The first kappa shape index (κ1) is 14.4. The Morgan fingerprint density at radius 1 is 1.24 bits per heavy atom. The lowest BCUT2D eigenvalue weighted by atomic mass is 10.2. The molecule has 1 aromatic heterocycles. The van der Waals surface area contributed by atoms with Crippen LogP contribution in [0.5, 0.6) is 5.75 Å². The maximum Gasteiger partial charge on any atom is 0.126 e. The molecule has 0 N–H and O–H groups in total. The van der Waals surface area contributed by atoms with Crippen molar-refractivity contribution < 1.29 is 4.74 Å². The molecule has 96 valence electrons. The fourth-order valence-corrected chi connectivity index (χ4v) is 2.32. The Kier molecular flexibility index (Phi) is 7.10. The Hall–Kier alpha value is -0.700. The summed E-state index contributed by atoms with van der Waals surface area (Å²) in [7, 11) is 0. The van der Waals surface area contributed by atoms with E-state index in [0.717, 1.165) is 29.4 Å². The van der Waals surface area contributed by atoms with Gasteiger partial charge in [0.25, 0.3) is 0 Å². The number of aromatic nitrogens is 1. The summed E-state index contributed by atoms with van der Waals surface area (Å²) in [4.78, 5) is 4.31. The second-order valence-corrected chi connectivity index (χ2v) is 5.00. The third-order valence-corrected chi connectivity index (χ3v) is 3.61. The van der Waals surface area contributed by atoms with Crippen LogP contribution in [0.1, 0.15) is 44.6 Å². The molecule has 0 saturated carbocycles. The molecule has 0 aliphatic rings. The highest BCUT2D eigenvalue weighted by molar-refractivity contribution is 7.98. The summed E-state index contributed by atoms with van der Waals surface area (Å²) < 4.78 is 5.81. The Labute approximate surface area is 109 Å². The smallest absolute Gasteiger partial charge is 0.126 e. The molecule has 0 aliphatic heterocycles. The predicted molar refractivity (Wildman–Crippen MR) is 75.0 cm³/mol. The van der Waals surface area contributed by atoms with E-state index in [2.05, 4.69) is 18.8 Å². The fourth-order valence-electron chi connectivity index (χ4n) is 1.75. The van der Waals surface area contributed by atoms with Crippen molar-refractivity contribution in [3.63, 3.8) is 0 Å². The van der Waals surface area contributed by atoms with Crippen LogP contribution in [0.25, 0.3) is 0 Å². The molecule has 0 radical (unpaired) electrons. The van der Waals surface area contributed by atoms with Crippen LogP contribution in [-0.4, -0.2) is 17.8 Å². The molecule has 1 aromatic rings. The molecule has 0 bridgehead atoms. The number of ether oxygens (including phenoxy) is 1. The molecule has 0 saturated heterocycles. The molecule has 0 aromatic carbocycles. The summed E-state index contributed by atoms with van der Waals surface area (Å²) in [6, 6.07) is 1.96. The number of rotatable bonds is 8. The van der Waals surface area contributed by atoms with Gasteiger partial charge in [0.2, 0.25) is 0 Å². The van der Waals surface area contributed by atoms with Crippen molar-refractivity contribution in [2.75, 3.05) is 12.9 Å². The van der Waals surface area contributed by atoms with Crippen LogP contribution in [0.4, 0.5) is 0 Å². The zero-order valence-electron chi connectivity index (χ0n) is 11.2. The van der Waals surface area contributed by atoms with Gasteiger partial charge in [-0.25, -0.2) is 4.98 Å². The molecular weight excluding hydrogens is 230 g/mol. The Morgan fingerprint density at radius 3 is 2.71 bits per heavy atom. The van der Waals surface area contributed by atoms with Crippen LogP contribution in [-0.2, 0) is 0 Å². The van der Waals surface area contributed by atoms with E-state index in [1.54, 1.807) is 11.8 Å². The number of nitrogens with zero attached hydrogens (tertiary/aromatic N) is 1. The molecular formula is C14H23NOS. The highest BCUT2D eigenvalue weighted by atomic mass is 32.2. The average molecular weight is 253 g/mol. The van der Waals surface area contributed by atoms with Crippen molar-refractivity contribution in [2.24, 2.45) is 0 Å². The van der Waals surface area contributed by atoms with Gasteiger partial charge < -0.3 is 4.74 Å². The Bertz CT molecular complexity index is 328. The second kappa shape index (κ2) is 8.40. The molecule has 0 amide bonds. The number of hydrogen-bond donors (Lipinski definition) is 0. The third kappa shape index (κ3) is 4.99. The zero-order valence-corrected chi connectivity index (χ0v) is 12.0. The quantitative estimate of drug-likeness (QED) is 0.504. The molecule has 0 unspecified atom stereocenters. The van der Waals surface area contributed by atoms with Crippen LogP contribution >= 0.6 is 11.8 Å². The van der Waals surface area contributed by atoms with E-state index in [0.29, 0.717) is 0 Å². The number of hydrogen-bond acceptors (Lipinski definition) is 3. The van der Waals surface area contributed by atoms with Crippen molar-refractivity contribution in [3.05, 3.63) is 17.8 Å². The monoisotopic (exact) mass is 253 g/mol.